The van der Waals surface area contributed by atoms with Gasteiger partial charge in [0.15, 0.2) is 0 Å². The van der Waals surface area contributed by atoms with Crippen LogP contribution in [0.2, 0.25) is 0 Å². The van der Waals surface area contributed by atoms with Gasteiger partial charge in [0.2, 0.25) is 0 Å². The molecular weight excluding hydrogens is 273 g/mol. The molecule has 0 fully saturated rings. The van der Waals surface area contributed by atoms with Gasteiger partial charge in [-0.05, 0) is 7.05 Å². The zero-order valence-corrected chi connectivity index (χ0v) is 12.6. The van der Waals surface area contributed by atoms with Crippen LogP contribution in [0.15, 0.2) is 0 Å². The van der Waals surface area contributed by atoms with E-state index in [1.54, 1.807) is 30.9 Å². The summed E-state index contributed by atoms with van der Waals surface area (Å²) in [5.41, 5.74) is 0. The Morgan fingerprint density at radius 1 is 1.40 bits per heavy atom. The summed E-state index contributed by atoms with van der Waals surface area (Å²) >= 11 is 0. The molecule has 0 saturated heterocycles. The summed E-state index contributed by atoms with van der Waals surface area (Å²) in [6.45, 7) is 4.49. The van der Waals surface area contributed by atoms with Gasteiger partial charge in [0.25, 0.3) is 6.03 Å². The van der Waals surface area contributed by atoms with E-state index in [0.29, 0.717) is 6.47 Å². The summed E-state index contributed by atoms with van der Waals surface area (Å²) in [4.78, 5) is 22.6. The molecule has 0 aromatic rings. The first-order chi connectivity index (χ1) is 6.51. The molecule has 1 radical (unpaired) electrons. The predicted octanol–water partition coefficient (Wildman–Crippen LogP) is 1.17. The number of hydrogen-bond donors (Lipinski definition) is 1. The van der Waals surface area contributed by atoms with Crippen LogP contribution in [-0.4, -0.2) is 48.6 Å². The molecule has 0 rings (SSSR count). The Hall–Kier alpha value is -0.156. The van der Waals surface area contributed by atoms with Crippen LogP contribution in [0.4, 0.5) is 4.79 Å². The molecular formula is C9H18N2O3Y-2. The average Bonchev–Trinajstić information content (AvgIpc) is 2.14. The van der Waals surface area contributed by atoms with E-state index in [4.69, 9.17) is 9.90 Å². The SMILES string of the molecule is CCC[CH-]N(C)C(=O)N(C)C.O=[C-]O.[Y]. The Balaban J connectivity index is -0.000000320. The van der Waals surface area contributed by atoms with Crippen LogP contribution in [-0.2, 0) is 37.5 Å². The van der Waals surface area contributed by atoms with Crippen LogP contribution < -0.4 is 0 Å². The maximum atomic E-state index is 11.2. The summed E-state index contributed by atoms with van der Waals surface area (Å²) in [6.07, 6.45) is 2.03. The molecule has 0 aromatic carbocycles. The number of nitrogens with zero attached hydrogens (tertiary/aromatic N) is 2. The molecule has 0 aliphatic carbocycles. The molecule has 0 aliphatic heterocycles. The minimum absolute atomic E-state index is 0. The smallest absolute Gasteiger partial charge is 0.289 e. The molecule has 0 spiro atoms. The van der Waals surface area contributed by atoms with E-state index >= 15 is 0 Å². The number of carbonyl (C=O) groups is 1. The molecule has 0 aromatic heterocycles. The van der Waals surface area contributed by atoms with Gasteiger partial charge in [-0.15, -0.1) is 0 Å². The van der Waals surface area contributed by atoms with Crippen molar-refractivity contribution in [3.05, 3.63) is 6.54 Å². The summed E-state index contributed by atoms with van der Waals surface area (Å²) in [5, 5.41) is 6.76. The van der Waals surface area contributed by atoms with Gasteiger partial charge in [-0.25, -0.2) is 6.54 Å². The molecule has 5 nitrogen and oxygen atoms in total. The van der Waals surface area contributed by atoms with Crippen molar-refractivity contribution in [1.29, 1.82) is 0 Å². The van der Waals surface area contributed by atoms with Gasteiger partial charge in [0.1, 0.15) is 0 Å². The number of hydrogen-bond acceptors (Lipinski definition) is 2. The topological polar surface area (TPSA) is 60.9 Å². The first-order valence-corrected chi connectivity index (χ1v) is 4.29. The molecule has 0 aliphatic rings. The second-order valence-electron chi connectivity index (χ2n) is 2.85. The second kappa shape index (κ2) is 13.8. The largest absolute Gasteiger partial charge is 0.665 e. The molecule has 0 unspecified atom stereocenters. The van der Waals surface area contributed by atoms with Crippen molar-refractivity contribution >= 4 is 12.5 Å². The van der Waals surface area contributed by atoms with Gasteiger partial charge in [-0.2, -0.15) is 6.42 Å². The zero-order chi connectivity index (χ0) is 11.6. The van der Waals surface area contributed by atoms with E-state index in [1.165, 1.54) is 0 Å². The van der Waals surface area contributed by atoms with E-state index < -0.39 is 0 Å². The van der Waals surface area contributed by atoms with Crippen LogP contribution in [0.3, 0.4) is 0 Å². The Bertz CT molecular complexity index is 165. The average molecular weight is 291 g/mol. The molecule has 0 bridgehead atoms. The minimum Gasteiger partial charge on any atom is -0.665 e. The van der Waals surface area contributed by atoms with Crippen molar-refractivity contribution in [2.24, 2.45) is 0 Å². The Kier molecular flexibility index (Phi) is 18.7. The van der Waals surface area contributed by atoms with Crippen LogP contribution in [0, 0.1) is 6.54 Å². The van der Waals surface area contributed by atoms with Gasteiger partial charge in [0, 0.05) is 46.8 Å². The Morgan fingerprint density at radius 3 is 2.07 bits per heavy atom. The fourth-order valence-electron chi connectivity index (χ4n) is 0.716. The third-order valence-corrected chi connectivity index (χ3v) is 1.38. The Labute approximate surface area is 117 Å². The van der Waals surface area contributed by atoms with Crippen molar-refractivity contribution in [3.8, 4) is 0 Å². The quantitative estimate of drug-likeness (QED) is 0.794. The maximum Gasteiger partial charge on any atom is 0.289 e. The van der Waals surface area contributed by atoms with Crippen molar-refractivity contribution in [2.75, 3.05) is 21.1 Å². The van der Waals surface area contributed by atoms with Crippen molar-refractivity contribution in [1.82, 2.24) is 9.80 Å². The normalized spacial score (nSPS) is 7.73. The number of carbonyl (C=O) groups excluding carboxylic acids is 1. The first kappa shape index (κ1) is 20.3. The van der Waals surface area contributed by atoms with Crippen molar-refractivity contribution < 1.29 is 47.4 Å². The molecule has 15 heavy (non-hydrogen) atoms. The molecule has 0 atom stereocenters. The van der Waals surface area contributed by atoms with Crippen molar-refractivity contribution in [2.45, 2.75) is 19.8 Å². The first-order valence-electron chi connectivity index (χ1n) is 4.29. The van der Waals surface area contributed by atoms with Crippen molar-refractivity contribution in [3.63, 3.8) is 0 Å². The van der Waals surface area contributed by atoms with E-state index in [0.717, 1.165) is 12.8 Å². The fourth-order valence-corrected chi connectivity index (χ4v) is 0.716. The van der Waals surface area contributed by atoms with Crippen LogP contribution in [0.5, 0.6) is 0 Å². The second-order valence-corrected chi connectivity index (χ2v) is 2.85. The van der Waals surface area contributed by atoms with E-state index in [2.05, 4.69) is 6.92 Å². The molecule has 1 N–H and O–H groups in total. The number of aliphatic hydroxyl groups excluding tert-OH is 1. The summed E-state index contributed by atoms with van der Waals surface area (Å²) in [6, 6.07) is 0.0263. The zero-order valence-electron chi connectivity index (χ0n) is 9.73. The van der Waals surface area contributed by atoms with Crippen LogP contribution in [0.25, 0.3) is 0 Å². The number of unbranched alkanes of at least 4 members (excludes halogenated alkanes) is 1. The van der Waals surface area contributed by atoms with Gasteiger partial charge in [-0.1, -0.05) is 19.8 Å². The van der Waals surface area contributed by atoms with E-state index in [1.807, 2.05) is 6.54 Å². The van der Waals surface area contributed by atoms with Gasteiger partial charge < -0.3 is 19.7 Å². The van der Waals surface area contributed by atoms with Crippen LogP contribution >= 0.6 is 0 Å². The standard InChI is InChI=1S/C8H17N2O.CHO2.Y/c1-5-6-7-10(4)8(11)9(2)3;2-1-3;/h7H,5-6H2,1-4H3;(H,2,3);/q2*-1;. The fraction of sp³-hybridized carbons (Fsp3) is 0.667. The third-order valence-electron chi connectivity index (χ3n) is 1.38. The van der Waals surface area contributed by atoms with Gasteiger partial charge in [-0.3, -0.25) is 4.79 Å². The third kappa shape index (κ3) is 13.8. The number of urea groups is 1. The minimum atomic E-state index is 0. The monoisotopic (exact) mass is 291 g/mol. The number of rotatable bonds is 3. The van der Waals surface area contributed by atoms with E-state index in [9.17, 15) is 4.79 Å². The van der Waals surface area contributed by atoms with Gasteiger partial charge in [0.05, 0.1) is 0 Å². The summed E-state index contributed by atoms with van der Waals surface area (Å²) in [5.74, 6) is 0. The van der Waals surface area contributed by atoms with Crippen LogP contribution in [0.1, 0.15) is 19.8 Å². The molecule has 0 saturated carbocycles. The van der Waals surface area contributed by atoms with E-state index in [-0.39, 0.29) is 38.7 Å². The van der Waals surface area contributed by atoms with Gasteiger partial charge >= 0.3 is 0 Å². The molecule has 6 heteroatoms. The number of amides is 2. The summed E-state index contributed by atoms with van der Waals surface area (Å²) < 4.78 is 0. The molecule has 0 heterocycles. The molecule has 87 valence electrons. The molecule has 2 amide bonds. The summed E-state index contributed by atoms with van der Waals surface area (Å²) in [7, 11) is 5.27. The predicted molar refractivity (Wildman–Crippen MR) is 54.4 cm³/mol. The Morgan fingerprint density at radius 2 is 1.80 bits per heavy atom. The maximum absolute atomic E-state index is 11.2.